The number of halogens is 1. The lowest BCUT2D eigenvalue weighted by Gasteiger charge is -2.25. The summed E-state index contributed by atoms with van der Waals surface area (Å²) in [5.41, 5.74) is -2.18. The Morgan fingerprint density at radius 3 is 2.21 bits per heavy atom. The van der Waals surface area contributed by atoms with E-state index in [0.29, 0.717) is 0 Å². The van der Waals surface area contributed by atoms with E-state index in [1.165, 1.54) is 12.1 Å². The fourth-order valence-corrected chi connectivity index (χ4v) is 4.27. The van der Waals surface area contributed by atoms with Gasteiger partial charge in [0.25, 0.3) is 5.69 Å². The van der Waals surface area contributed by atoms with E-state index in [1.807, 2.05) is 0 Å². The molecule has 4 rings (SSSR count). The molecule has 0 aromatic heterocycles. The SMILES string of the molecule is CC12C=CC(C)(O1)C1C(=O)N(c3ccc(Cl)cc3[N+](=O)[O-])C(=O)C12. The lowest BCUT2D eigenvalue weighted by Crippen LogP contribution is -2.39. The molecule has 3 aliphatic rings. The number of nitrogens with zero attached hydrogens (tertiary/aromatic N) is 2. The van der Waals surface area contributed by atoms with Gasteiger partial charge in [0.05, 0.1) is 28.0 Å². The summed E-state index contributed by atoms with van der Waals surface area (Å²) in [4.78, 5) is 37.4. The fourth-order valence-electron chi connectivity index (χ4n) is 4.10. The second-order valence-electron chi connectivity index (χ2n) is 6.66. The molecule has 2 saturated heterocycles. The lowest BCUT2D eigenvalue weighted by atomic mass is 9.73. The number of nitro groups is 1. The Morgan fingerprint density at radius 2 is 1.71 bits per heavy atom. The Morgan fingerprint density at radius 1 is 1.17 bits per heavy atom. The van der Waals surface area contributed by atoms with Gasteiger partial charge in [0.1, 0.15) is 5.69 Å². The smallest absolute Gasteiger partial charge is 0.294 e. The zero-order chi connectivity index (χ0) is 17.4. The third-order valence-electron chi connectivity index (χ3n) is 5.10. The van der Waals surface area contributed by atoms with Crippen molar-refractivity contribution < 1.29 is 19.2 Å². The van der Waals surface area contributed by atoms with Crippen LogP contribution in [0.4, 0.5) is 11.4 Å². The number of rotatable bonds is 2. The van der Waals surface area contributed by atoms with Crippen LogP contribution in [0.15, 0.2) is 30.4 Å². The number of hydrogen-bond donors (Lipinski definition) is 0. The Hall–Kier alpha value is -2.25. The maximum atomic E-state index is 12.9. The van der Waals surface area contributed by atoms with Crippen molar-refractivity contribution in [2.24, 2.45) is 11.8 Å². The molecule has 1 aromatic rings. The van der Waals surface area contributed by atoms with Crippen molar-refractivity contribution >= 4 is 34.8 Å². The fraction of sp³-hybridized carbons (Fsp3) is 0.375. The molecule has 0 aliphatic carbocycles. The molecule has 4 atom stereocenters. The Bertz CT molecular complexity index is 817. The molecule has 4 unspecified atom stereocenters. The van der Waals surface area contributed by atoms with Crippen LogP contribution in [0.5, 0.6) is 0 Å². The second-order valence-corrected chi connectivity index (χ2v) is 7.10. The van der Waals surface area contributed by atoms with E-state index in [-0.39, 0.29) is 16.4 Å². The topological polar surface area (TPSA) is 89.8 Å². The minimum atomic E-state index is -0.873. The van der Waals surface area contributed by atoms with E-state index in [9.17, 15) is 19.7 Å². The highest BCUT2D eigenvalue weighted by atomic mass is 35.5. The lowest BCUT2D eigenvalue weighted by molar-refractivity contribution is -0.384. The highest BCUT2D eigenvalue weighted by molar-refractivity contribution is 6.31. The molecule has 2 fully saturated rings. The van der Waals surface area contributed by atoms with Crippen molar-refractivity contribution in [2.75, 3.05) is 4.90 Å². The number of benzene rings is 1. The second kappa shape index (κ2) is 4.43. The van der Waals surface area contributed by atoms with E-state index >= 15 is 0 Å². The number of ether oxygens (including phenoxy) is 1. The molecule has 24 heavy (non-hydrogen) atoms. The van der Waals surface area contributed by atoms with Crippen LogP contribution in [0.3, 0.4) is 0 Å². The van der Waals surface area contributed by atoms with Gasteiger partial charge in [-0.1, -0.05) is 23.8 Å². The third kappa shape index (κ3) is 1.71. The van der Waals surface area contributed by atoms with Crippen LogP contribution in [0.25, 0.3) is 0 Å². The van der Waals surface area contributed by atoms with Crippen LogP contribution in [0.2, 0.25) is 5.02 Å². The van der Waals surface area contributed by atoms with Gasteiger partial charge in [0, 0.05) is 11.1 Å². The molecular formula is C16H13ClN2O5. The number of amides is 2. The number of anilines is 1. The highest BCUT2D eigenvalue weighted by Crippen LogP contribution is 2.57. The van der Waals surface area contributed by atoms with Crippen LogP contribution in [0, 0.1) is 22.0 Å². The summed E-state index contributed by atoms with van der Waals surface area (Å²) >= 11 is 5.81. The van der Waals surface area contributed by atoms with Crippen LogP contribution >= 0.6 is 11.6 Å². The van der Waals surface area contributed by atoms with Crippen molar-refractivity contribution in [3.63, 3.8) is 0 Å². The molecule has 0 N–H and O–H groups in total. The van der Waals surface area contributed by atoms with Gasteiger partial charge in [-0.15, -0.1) is 0 Å². The molecule has 0 saturated carbocycles. The molecular weight excluding hydrogens is 336 g/mol. The minimum Gasteiger partial charge on any atom is -0.359 e. The Labute approximate surface area is 142 Å². The normalized spacial score (nSPS) is 36.5. The van der Waals surface area contributed by atoms with Gasteiger partial charge in [-0.2, -0.15) is 0 Å². The summed E-state index contributed by atoms with van der Waals surface area (Å²) < 4.78 is 5.90. The summed E-state index contributed by atoms with van der Waals surface area (Å²) in [5.74, 6) is -2.33. The maximum Gasteiger partial charge on any atom is 0.294 e. The maximum absolute atomic E-state index is 12.9. The van der Waals surface area contributed by atoms with E-state index in [4.69, 9.17) is 16.3 Å². The van der Waals surface area contributed by atoms with Gasteiger partial charge >= 0.3 is 0 Å². The molecule has 7 nitrogen and oxygen atoms in total. The first-order chi connectivity index (χ1) is 11.2. The summed E-state index contributed by atoms with van der Waals surface area (Å²) in [6.07, 6.45) is 3.58. The Balaban J connectivity index is 1.85. The summed E-state index contributed by atoms with van der Waals surface area (Å²) in [6, 6.07) is 3.89. The number of fused-ring (bicyclic) bond motifs is 5. The first-order valence-corrected chi connectivity index (χ1v) is 7.78. The number of imide groups is 1. The molecule has 0 radical (unpaired) electrons. The summed E-state index contributed by atoms with van der Waals surface area (Å²) in [6.45, 7) is 3.51. The summed E-state index contributed by atoms with van der Waals surface area (Å²) in [7, 11) is 0. The van der Waals surface area contributed by atoms with Crippen LogP contribution in [-0.4, -0.2) is 27.9 Å². The van der Waals surface area contributed by atoms with Crippen molar-refractivity contribution in [3.8, 4) is 0 Å². The first kappa shape index (κ1) is 15.3. The van der Waals surface area contributed by atoms with E-state index < -0.39 is 39.8 Å². The summed E-state index contributed by atoms with van der Waals surface area (Å²) in [5, 5.41) is 11.5. The molecule has 0 spiro atoms. The molecule has 2 amide bonds. The van der Waals surface area contributed by atoms with Crippen molar-refractivity contribution in [3.05, 3.63) is 45.5 Å². The first-order valence-electron chi connectivity index (χ1n) is 7.40. The number of hydrogen-bond acceptors (Lipinski definition) is 5. The number of carbonyl (C=O) groups excluding carboxylic acids is 2. The van der Waals surface area contributed by atoms with E-state index in [0.717, 1.165) is 11.0 Å². The quantitative estimate of drug-likeness (QED) is 0.354. The number of nitro benzene ring substituents is 1. The Kier molecular flexibility index (Phi) is 2.82. The van der Waals surface area contributed by atoms with Gasteiger partial charge in [-0.3, -0.25) is 19.7 Å². The third-order valence-corrected chi connectivity index (χ3v) is 5.34. The standard InChI is InChI=1S/C16H13ClN2O5/c1-15-5-6-16(2,24-15)12-11(15)13(20)18(14(12)21)9-4-3-8(17)7-10(9)19(22)23/h3-7,11-12H,1-2H3. The number of carbonyl (C=O) groups is 2. The predicted molar refractivity (Wildman–Crippen MR) is 84.6 cm³/mol. The van der Waals surface area contributed by atoms with Gasteiger partial charge in [0.2, 0.25) is 11.8 Å². The highest BCUT2D eigenvalue weighted by Gasteiger charge is 2.70. The average molecular weight is 349 g/mol. The molecule has 3 heterocycles. The monoisotopic (exact) mass is 348 g/mol. The van der Waals surface area contributed by atoms with Gasteiger partial charge in [0.15, 0.2) is 0 Å². The van der Waals surface area contributed by atoms with Crippen molar-refractivity contribution in [1.82, 2.24) is 0 Å². The van der Waals surface area contributed by atoms with Crippen LogP contribution < -0.4 is 4.90 Å². The van der Waals surface area contributed by atoms with E-state index in [1.54, 1.807) is 26.0 Å². The van der Waals surface area contributed by atoms with Crippen LogP contribution in [0.1, 0.15) is 13.8 Å². The average Bonchev–Trinajstić information content (AvgIpc) is 3.04. The van der Waals surface area contributed by atoms with Crippen molar-refractivity contribution in [1.29, 1.82) is 0 Å². The van der Waals surface area contributed by atoms with Gasteiger partial charge in [-0.25, -0.2) is 4.90 Å². The molecule has 3 aliphatic heterocycles. The van der Waals surface area contributed by atoms with E-state index in [2.05, 4.69) is 0 Å². The van der Waals surface area contributed by atoms with Crippen molar-refractivity contribution in [2.45, 2.75) is 25.0 Å². The minimum absolute atomic E-state index is 0.0552. The molecule has 1 aromatic carbocycles. The molecule has 2 bridgehead atoms. The zero-order valence-corrected chi connectivity index (χ0v) is 13.6. The van der Waals surface area contributed by atoms with Gasteiger partial charge < -0.3 is 4.74 Å². The molecule has 8 heteroatoms. The largest absolute Gasteiger partial charge is 0.359 e. The zero-order valence-electron chi connectivity index (χ0n) is 12.9. The van der Waals surface area contributed by atoms with Gasteiger partial charge in [-0.05, 0) is 26.0 Å². The van der Waals surface area contributed by atoms with Crippen LogP contribution in [-0.2, 0) is 14.3 Å². The molecule has 124 valence electrons. The predicted octanol–water partition coefficient (Wildman–Crippen LogP) is 2.47.